The van der Waals surface area contributed by atoms with Gasteiger partial charge in [-0.25, -0.2) is 4.39 Å². The maximum absolute atomic E-state index is 13.5. The Kier molecular flexibility index (Phi) is 6.94. The topological polar surface area (TPSA) is 65.3 Å². The van der Waals surface area contributed by atoms with Crippen molar-refractivity contribution in [3.63, 3.8) is 0 Å². The Bertz CT molecular complexity index is 1080. The van der Waals surface area contributed by atoms with Gasteiger partial charge in [-0.3, -0.25) is 0 Å². The first-order valence-corrected chi connectivity index (χ1v) is 10.1. The number of nitrogens with one attached hydrogen (secondary N) is 1. The molecule has 0 bridgehead atoms. The number of nitrogens with zero attached hydrogens (tertiary/aromatic N) is 1. The van der Waals surface area contributed by atoms with Crippen LogP contribution in [-0.4, -0.2) is 29.9 Å². The minimum absolute atomic E-state index is 0.0459. The van der Waals surface area contributed by atoms with Gasteiger partial charge in [0.2, 0.25) is 0 Å². The molecule has 1 atom stereocenters. The smallest absolute Gasteiger partial charge is 0.143 e. The fraction of sp³-hybridized carbons (Fsp3) is 0.292. The summed E-state index contributed by atoms with van der Waals surface area (Å²) in [6.07, 6.45) is -0.0198. The second kappa shape index (κ2) is 9.44. The van der Waals surface area contributed by atoms with E-state index < -0.39 is 11.9 Å². The first-order valence-electron chi connectivity index (χ1n) is 9.71. The number of nitriles is 1. The maximum Gasteiger partial charge on any atom is 0.143 e. The molecule has 0 aliphatic heterocycles. The van der Waals surface area contributed by atoms with E-state index in [0.717, 1.165) is 12.5 Å². The standard InChI is InChI=1S/C24H24ClFN2O2/c1-24(2,12-16-7-8-17-5-3-4-6-18(17)11-16)28-14-19(29)15-30-22-10-9-21(26)23(25)20(22)13-27/h3-11,19,28-29H,12,14-15H2,1-2H3/i26-1. The lowest BCUT2D eigenvalue weighted by atomic mass is 9.93. The number of rotatable bonds is 8. The van der Waals surface area contributed by atoms with E-state index in [1.165, 1.54) is 22.4 Å². The molecule has 2 N–H and O–H groups in total. The third-order valence-electron chi connectivity index (χ3n) is 4.88. The molecule has 0 aromatic heterocycles. The van der Waals surface area contributed by atoms with Gasteiger partial charge in [0, 0.05) is 12.1 Å². The van der Waals surface area contributed by atoms with E-state index in [4.69, 9.17) is 21.6 Å². The molecular formula is C24H24ClFN2O2. The van der Waals surface area contributed by atoms with Crippen molar-refractivity contribution in [2.75, 3.05) is 13.2 Å². The molecule has 1 unspecified atom stereocenters. The van der Waals surface area contributed by atoms with Gasteiger partial charge in [-0.05, 0) is 48.7 Å². The molecule has 0 fully saturated rings. The highest BCUT2D eigenvalue weighted by Crippen LogP contribution is 2.28. The Morgan fingerprint density at radius 1 is 1.17 bits per heavy atom. The number of hydrogen-bond donors (Lipinski definition) is 2. The summed E-state index contributed by atoms with van der Waals surface area (Å²) in [6, 6.07) is 18.9. The predicted octanol–water partition coefficient (Wildman–Crippen LogP) is 4.85. The van der Waals surface area contributed by atoms with Crippen LogP contribution in [0.15, 0.2) is 54.6 Å². The normalized spacial score (nSPS) is 12.5. The Labute approximate surface area is 180 Å². The molecule has 0 radical (unpaired) electrons. The van der Waals surface area contributed by atoms with Crippen LogP contribution in [0, 0.1) is 17.1 Å². The Morgan fingerprint density at radius 3 is 2.63 bits per heavy atom. The molecule has 0 spiro atoms. The summed E-state index contributed by atoms with van der Waals surface area (Å²) in [5.74, 6) is -0.531. The molecule has 156 valence electrons. The second-order valence-corrected chi connectivity index (χ2v) is 8.31. The van der Waals surface area contributed by atoms with Crippen LogP contribution in [0.2, 0.25) is 5.02 Å². The Hall–Kier alpha value is -2.65. The van der Waals surface area contributed by atoms with E-state index in [9.17, 15) is 9.50 Å². The van der Waals surface area contributed by atoms with E-state index in [2.05, 4.69) is 49.5 Å². The molecule has 3 rings (SSSR count). The average Bonchev–Trinajstić information content (AvgIpc) is 2.73. The number of aliphatic hydroxyl groups excluding tert-OH is 1. The number of fused-ring (bicyclic) bond motifs is 1. The van der Waals surface area contributed by atoms with Gasteiger partial charge in [0.15, 0.2) is 0 Å². The highest BCUT2D eigenvalue weighted by Gasteiger charge is 2.20. The SMILES string of the molecule is CC(C)(Cc1ccc2ccccc2c1)NCC(O)COc1ccc([18F])c(Cl)c1C#N. The van der Waals surface area contributed by atoms with Gasteiger partial charge in [0.1, 0.15) is 35.9 Å². The molecule has 0 heterocycles. The van der Waals surface area contributed by atoms with Crippen LogP contribution in [0.1, 0.15) is 25.0 Å². The van der Waals surface area contributed by atoms with E-state index >= 15 is 0 Å². The average molecular weight is 426 g/mol. The van der Waals surface area contributed by atoms with Gasteiger partial charge in [-0.2, -0.15) is 5.26 Å². The van der Waals surface area contributed by atoms with Crippen molar-refractivity contribution in [2.24, 2.45) is 0 Å². The lowest BCUT2D eigenvalue weighted by molar-refractivity contribution is 0.0986. The summed E-state index contributed by atoms with van der Waals surface area (Å²) in [7, 11) is 0. The van der Waals surface area contributed by atoms with Crippen molar-refractivity contribution < 1.29 is 14.2 Å². The molecule has 0 saturated heterocycles. The number of aliphatic hydroxyl groups is 1. The lowest BCUT2D eigenvalue weighted by Crippen LogP contribution is -2.46. The molecule has 0 aliphatic rings. The fourth-order valence-electron chi connectivity index (χ4n) is 3.32. The van der Waals surface area contributed by atoms with Crippen LogP contribution in [0.5, 0.6) is 5.75 Å². The van der Waals surface area contributed by atoms with Gasteiger partial charge in [0.25, 0.3) is 0 Å². The van der Waals surface area contributed by atoms with Crippen molar-refractivity contribution in [3.05, 3.63) is 76.6 Å². The lowest BCUT2D eigenvalue weighted by Gasteiger charge is -2.28. The fourth-order valence-corrected chi connectivity index (χ4v) is 3.52. The molecule has 0 aliphatic carbocycles. The summed E-state index contributed by atoms with van der Waals surface area (Å²) in [6.45, 7) is 4.40. The van der Waals surface area contributed by atoms with Crippen LogP contribution >= 0.6 is 11.6 Å². The van der Waals surface area contributed by atoms with Crippen molar-refractivity contribution in [2.45, 2.75) is 31.9 Å². The van der Waals surface area contributed by atoms with Gasteiger partial charge in [0.05, 0.1) is 5.02 Å². The van der Waals surface area contributed by atoms with Gasteiger partial charge in [-0.1, -0.05) is 54.1 Å². The van der Waals surface area contributed by atoms with Crippen molar-refractivity contribution in [1.29, 1.82) is 5.26 Å². The quantitative estimate of drug-likeness (QED) is 0.541. The molecule has 0 saturated carbocycles. The summed E-state index contributed by atoms with van der Waals surface area (Å²) < 4.78 is 19.0. The van der Waals surface area contributed by atoms with Crippen LogP contribution < -0.4 is 10.1 Å². The van der Waals surface area contributed by atoms with Gasteiger partial charge in [-0.15, -0.1) is 0 Å². The summed E-state index contributed by atoms with van der Waals surface area (Å²) in [5.41, 5.74) is 0.880. The number of benzene rings is 3. The highest BCUT2D eigenvalue weighted by molar-refractivity contribution is 6.32. The van der Waals surface area contributed by atoms with Crippen molar-refractivity contribution in [1.82, 2.24) is 5.32 Å². The molecule has 3 aromatic carbocycles. The van der Waals surface area contributed by atoms with Crippen molar-refractivity contribution in [3.8, 4) is 11.8 Å². The zero-order chi connectivity index (χ0) is 21.7. The number of β-amino-alcohol motifs (C(OH)–C–C–N with tert-alkyl or cyclic N) is 1. The predicted molar refractivity (Wildman–Crippen MR) is 117 cm³/mol. The maximum atomic E-state index is 13.5. The Balaban J connectivity index is 1.55. The first-order chi connectivity index (χ1) is 14.3. The third-order valence-corrected chi connectivity index (χ3v) is 5.25. The van der Waals surface area contributed by atoms with Gasteiger partial charge < -0.3 is 15.2 Å². The van der Waals surface area contributed by atoms with E-state index in [1.54, 1.807) is 0 Å². The third kappa shape index (κ3) is 5.48. The number of ether oxygens (including phenoxy) is 1. The van der Waals surface area contributed by atoms with Gasteiger partial charge >= 0.3 is 0 Å². The molecule has 0 amide bonds. The van der Waals surface area contributed by atoms with Crippen LogP contribution in [0.3, 0.4) is 0 Å². The molecule has 6 heteroatoms. The zero-order valence-corrected chi connectivity index (χ0v) is 17.7. The van der Waals surface area contributed by atoms with Crippen molar-refractivity contribution >= 4 is 22.4 Å². The summed E-state index contributed by atoms with van der Waals surface area (Å²) in [4.78, 5) is 0. The monoisotopic (exact) mass is 425 g/mol. The molecule has 3 aromatic rings. The second-order valence-electron chi connectivity index (χ2n) is 7.93. The minimum Gasteiger partial charge on any atom is -0.489 e. The van der Waals surface area contributed by atoms with E-state index in [-0.39, 0.29) is 28.5 Å². The van der Waals surface area contributed by atoms with Crippen LogP contribution in [0.25, 0.3) is 10.8 Å². The zero-order valence-electron chi connectivity index (χ0n) is 17.0. The minimum atomic E-state index is -0.809. The molecular weight excluding hydrogens is 402 g/mol. The largest absolute Gasteiger partial charge is 0.489 e. The summed E-state index contributed by atoms with van der Waals surface area (Å²) in [5, 5.41) is 24.9. The molecule has 4 nitrogen and oxygen atoms in total. The highest BCUT2D eigenvalue weighted by atomic mass is 35.5. The summed E-state index contributed by atoms with van der Waals surface area (Å²) >= 11 is 5.80. The van der Waals surface area contributed by atoms with Crippen LogP contribution in [-0.2, 0) is 6.42 Å². The Morgan fingerprint density at radius 2 is 1.90 bits per heavy atom. The number of halogens is 2. The molecule has 30 heavy (non-hydrogen) atoms. The van der Waals surface area contributed by atoms with E-state index in [0.29, 0.717) is 6.54 Å². The first kappa shape index (κ1) is 22.0. The number of hydrogen-bond acceptors (Lipinski definition) is 4. The van der Waals surface area contributed by atoms with E-state index in [1.807, 2.05) is 18.2 Å². The van der Waals surface area contributed by atoms with Crippen LogP contribution in [0.4, 0.5) is 4.39 Å².